The summed E-state index contributed by atoms with van der Waals surface area (Å²) in [5, 5.41) is 0. The highest BCUT2D eigenvalue weighted by molar-refractivity contribution is 6.66. The first-order valence-electron chi connectivity index (χ1n) is 8.61. The van der Waals surface area contributed by atoms with Gasteiger partial charge in [-0.3, -0.25) is 0 Å². The minimum Gasteiger partial charge on any atom is -0.397 e. The first kappa shape index (κ1) is 21.9. The molecular formula is C12H27B3O9. The molecular weight excluding hydrogens is 321 g/mol. The summed E-state index contributed by atoms with van der Waals surface area (Å²) in [6.45, 7) is 7.37. The van der Waals surface area contributed by atoms with E-state index in [4.69, 9.17) is 42.8 Å². The van der Waals surface area contributed by atoms with Gasteiger partial charge in [-0.2, -0.15) is 0 Å². The largest absolute Gasteiger partial charge is 0.644 e. The molecule has 1 fully saturated rings. The summed E-state index contributed by atoms with van der Waals surface area (Å²) in [7, 11) is -3.56. The van der Waals surface area contributed by atoms with Gasteiger partial charge in [0.15, 0.2) is 0 Å². The van der Waals surface area contributed by atoms with Crippen molar-refractivity contribution in [3.8, 4) is 0 Å². The zero-order valence-corrected chi connectivity index (χ0v) is 14.8. The van der Waals surface area contributed by atoms with E-state index in [0.717, 1.165) is 38.5 Å². The molecule has 0 aromatic heterocycles. The van der Waals surface area contributed by atoms with Crippen LogP contribution in [0.3, 0.4) is 0 Å². The van der Waals surface area contributed by atoms with Crippen molar-refractivity contribution in [3.05, 3.63) is 0 Å². The van der Waals surface area contributed by atoms with E-state index in [1.54, 1.807) is 0 Å². The van der Waals surface area contributed by atoms with Crippen LogP contribution in [0.15, 0.2) is 0 Å². The predicted molar refractivity (Wildman–Crippen MR) is 86.4 cm³/mol. The van der Waals surface area contributed by atoms with E-state index in [1.165, 1.54) is 0 Å². The zero-order chi connectivity index (χ0) is 17.5. The Labute approximate surface area is 144 Å². The van der Waals surface area contributed by atoms with Gasteiger partial charge in [0.25, 0.3) is 0 Å². The standard InChI is InChI=1S/C12H27B3O9/c1-4-7-10-16-22-13-19-14(23-17-11-8-5-2)21-15(20-13)24-18-12-9-6-3/h4-12H2,1-3H3. The van der Waals surface area contributed by atoms with E-state index in [0.29, 0.717) is 19.8 Å². The maximum Gasteiger partial charge on any atom is 0.644 e. The highest BCUT2D eigenvalue weighted by Gasteiger charge is 2.49. The molecule has 1 saturated heterocycles. The van der Waals surface area contributed by atoms with Crippen LogP contribution in [-0.2, 0) is 42.8 Å². The lowest BCUT2D eigenvalue weighted by Crippen LogP contribution is -2.52. The molecule has 0 N–H and O–H groups in total. The quantitative estimate of drug-likeness (QED) is 0.192. The van der Waals surface area contributed by atoms with Gasteiger partial charge in [-0.05, 0) is 19.3 Å². The van der Waals surface area contributed by atoms with Gasteiger partial charge in [-0.25, -0.2) is 29.1 Å². The maximum atomic E-state index is 5.23. The molecule has 0 unspecified atom stereocenters. The SMILES string of the molecule is CCCCOOB1OB(OOCCCC)OB(OOCCCC)O1. The molecule has 138 valence electrons. The highest BCUT2D eigenvalue weighted by Crippen LogP contribution is 2.12. The van der Waals surface area contributed by atoms with Crippen molar-refractivity contribution in [1.29, 1.82) is 0 Å². The molecule has 24 heavy (non-hydrogen) atoms. The Kier molecular flexibility index (Phi) is 13.8. The molecule has 0 spiro atoms. The van der Waals surface area contributed by atoms with Crippen LogP contribution < -0.4 is 0 Å². The summed E-state index contributed by atoms with van der Waals surface area (Å²) in [6.07, 6.45) is 5.49. The number of rotatable bonds is 15. The van der Waals surface area contributed by atoms with Gasteiger partial charge in [0.2, 0.25) is 0 Å². The van der Waals surface area contributed by atoms with E-state index in [2.05, 4.69) is 0 Å². The summed E-state index contributed by atoms with van der Waals surface area (Å²) in [4.78, 5) is 30.0. The van der Waals surface area contributed by atoms with Gasteiger partial charge in [-0.1, -0.05) is 40.0 Å². The Balaban J connectivity index is 2.33. The van der Waals surface area contributed by atoms with Gasteiger partial charge in [-0.15, -0.1) is 0 Å². The molecule has 1 aliphatic heterocycles. The van der Waals surface area contributed by atoms with E-state index >= 15 is 0 Å². The highest BCUT2D eigenvalue weighted by atomic mass is 17.3. The van der Waals surface area contributed by atoms with Gasteiger partial charge >= 0.3 is 22.0 Å². The number of unbranched alkanes of at least 4 members (excludes halogenated alkanes) is 3. The Bertz CT molecular complexity index is 242. The predicted octanol–water partition coefficient (Wildman–Crippen LogP) is 2.25. The molecule has 9 nitrogen and oxygen atoms in total. The van der Waals surface area contributed by atoms with Crippen LogP contribution in [-0.4, -0.2) is 41.8 Å². The molecule has 0 aliphatic carbocycles. The topological polar surface area (TPSA) is 83.1 Å². The summed E-state index contributed by atoms with van der Waals surface area (Å²) in [5.74, 6) is 0. The Morgan fingerprint density at radius 2 is 0.833 bits per heavy atom. The smallest absolute Gasteiger partial charge is 0.397 e. The van der Waals surface area contributed by atoms with Gasteiger partial charge in [0.1, 0.15) is 0 Å². The van der Waals surface area contributed by atoms with Gasteiger partial charge in [0, 0.05) is 0 Å². The molecule has 0 atom stereocenters. The van der Waals surface area contributed by atoms with Crippen molar-refractivity contribution in [3.63, 3.8) is 0 Å². The Hall–Kier alpha value is -0.165. The zero-order valence-electron chi connectivity index (χ0n) is 14.8. The van der Waals surface area contributed by atoms with Crippen LogP contribution in [0.4, 0.5) is 0 Å². The van der Waals surface area contributed by atoms with E-state index in [-0.39, 0.29) is 0 Å². The molecule has 0 aromatic rings. The van der Waals surface area contributed by atoms with Crippen molar-refractivity contribution < 1.29 is 42.8 Å². The maximum absolute atomic E-state index is 5.23. The van der Waals surface area contributed by atoms with Crippen molar-refractivity contribution >= 4 is 22.0 Å². The second kappa shape index (κ2) is 15.1. The molecule has 0 bridgehead atoms. The fraction of sp³-hybridized carbons (Fsp3) is 1.00. The third-order valence-corrected chi connectivity index (χ3v) is 2.85. The average Bonchev–Trinajstić information content (AvgIpc) is 2.59. The molecule has 12 heteroatoms. The van der Waals surface area contributed by atoms with Crippen molar-refractivity contribution in [1.82, 2.24) is 0 Å². The first-order valence-corrected chi connectivity index (χ1v) is 8.61. The molecule has 1 rings (SSSR count). The lowest BCUT2D eigenvalue weighted by molar-refractivity contribution is -0.270. The summed E-state index contributed by atoms with van der Waals surface area (Å²) >= 11 is 0. The van der Waals surface area contributed by atoms with Crippen molar-refractivity contribution in [2.45, 2.75) is 59.3 Å². The summed E-state index contributed by atoms with van der Waals surface area (Å²) in [5.41, 5.74) is 0. The van der Waals surface area contributed by atoms with Crippen molar-refractivity contribution in [2.75, 3.05) is 19.8 Å². The third kappa shape index (κ3) is 10.6. The minimum atomic E-state index is -1.19. The van der Waals surface area contributed by atoms with Gasteiger partial charge < -0.3 is 13.7 Å². The van der Waals surface area contributed by atoms with Crippen LogP contribution in [0.2, 0.25) is 0 Å². The molecule has 0 saturated carbocycles. The van der Waals surface area contributed by atoms with E-state index in [1.807, 2.05) is 20.8 Å². The number of hydrogen-bond donors (Lipinski definition) is 0. The van der Waals surface area contributed by atoms with Crippen LogP contribution in [0.25, 0.3) is 0 Å². The second-order valence-electron chi connectivity index (χ2n) is 5.09. The second-order valence-corrected chi connectivity index (χ2v) is 5.09. The first-order chi connectivity index (χ1) is 11.8. The summed E-state index contributed by atoms with van der Waals surface area (Å²) in [6, 6.07) is 0. The lowest BCUT2D eigenvalue weighted by atomic mass is 9.98. The fourth-order valence-electron chi connectivity index (χ4n) is 1.43. The third-order valence-electron chi connectivity index (χ3n) is 2.85. The molecule has 0 amide bonds. The minimum absolute atomic E-state index is 0.414. The normalized spacial score (nSPS) is 15.4. The van der Waals surface area contributed by atoms with Crippen molar-refractivity contribution in [2.24, 2.45) is 0 Å². The monoisotopic (exact) mass is 348 g/mol. The Morgan fingerprint density at radius 3 is 1.08 bits per heavy atom. The van der Waals surface area contributed by atoms with Crippen LogP contribution in [0.1, 0.15) is 59.3 Å². The van der Waals surface area contributed by atoms with Gasteiger partial charge in [0.05, 0.1) is 19.8 Å². The van der Waals surface area contributed by atoms with Crippen LogP contribution in [0, 0.1) is 0 Å². The summed E-state index contributed by atoms with van der Waals surface area (Å²) < 4.78 is 15.7. The fourth-order valence-corrected chi connectivity index (χ4v) is 1.43. The lowest BCUT2D eigenvalue weighted by Gasteiger charge is -2.26. The average molecular weight is 348 g/mol. The molecule has 0 radical (unpaired) electrons. The van der Waals surface area contributed by atoms with E-state index < -0.39 is 22.0 Å². The Morgan fingerprint density at radius 1 is 0.542 bits per heavy atom. The van der Waals surface area contributed by atoms with Crippen LogP contribution >= 0.6 is 0 Å². The number of hydrogen-bond acceptors (Lipinski definition) is 9. The van der Waals surface area contributed by atoms with E-state index in [9.17, 15) is 0 Å². The molecule has 0 aromatic carbocycles. The van der Waals surface area contributed by atoms with Crippen LogP contribution in [0.5, 0.6) is 0 Å². The molecule has 1 heterocycles. The molecule has 1 aliphatic rings.